The van der Waals surface area contributed by atoms with Crippen LogP contribution in [-0.2, 0) is 5.75 Å². The number of hydrogen-bond donors (Lipinski definition) is 2. The number of carbonyl (C=O) groups is 1. The second kappa shape index (κ2) is 6.61. The van der Waals surface area contributed by atoms with Crippen LogP contribution >= 0.6 is 11.8 Å². The largest absolute Gasteiger partial charge is 0.290 e. The van der Waals surface area contributed by atoms with E-state index in [1.54, 1.807) is 17.8 Å². The third-order valence-electron chi connectivity index (χ3n) is 2.15. The van der Waals surface area contributed by atoms with E-state index in [0.717, 1.165) is 5.75 Å². The quantitative estimate of drug-likeness (QED) is 0.483. The molecule has 0 aliphatic carbocycles. The highest BCUT2D eigenvalue weighted by molar-refractivity contribution is 7.98. The number of hydrogen-bond acceptors (Lipinski definition) is 3. The molecule has 5 heteroatoms. The third kappa shape index (κ3) is 4.36. The Hall–Kier alpha value is -1.07. The van der Waals surface area contributed by atoms with E-state index < -0.39 is 5.91 Å². The van der Waals surface area contributed by atoms with Gasteiger partial charge in [0, 0.05) is 11.3 Å². The van der Waals surface area contributed by atoms with Crippen LogP contribution in [0.3, 0.4) is 0 Å². The fraction of sp³-hybridized carbons (Fsp3) is 0.417. The van der Waals surface area contributed by atoms with Gasteiger partial charge in [0.15, 0.2) is 0 Å². The summed E-state index contributed by atoms with van der Waals surface area (Å²) < 4.78 is 13.5. The topological polar surface area (TPSA) is 55.1 Å². The molecule has 0 fully saturated rings. The van der Waals surface area contributed by atoms with Crippen molar-refractivity contribution in [1.82, 2.24) is 5.43 Å². The minimum absolute atomic E-state index is 0.283. The van der Waals surface area contributed by atoms with E-state index in [9.17, 15) is 9.18 Å². The van der Waals surface area contributed by atoms with Crippen LogP contribution in [0, 0.1) is 11.7 Å². The van der Waals surface area contributed by atoms with Gasteiger partial charge in [-0.3, -0.25) is 10.2 Å². The summed E-state index contributed by atoms with van der Waals surface area (Å²) in [5.74, 6) is 6.45. The molecule has 1 aromatic rings. The zero-order valence-corrected chi connectivity index (χ0v) is 10.8. The molecule has 1 amide bonds. The SMILES string of the molecule is CC(C)CSCc1cc(C(=O)NN)ccc1F. The van der Waals surface area contributed by atoms with Gasteiger partial charge in [-0.25, -0.2) is 10.2 Å². The third-order valence-corrected chi connectivity index (χ3v) is 3.57. The molecule has 17 heavy (non-hydrogen) atoms. The summed E-state index contributed by atoms with van der Waals surface area (Å²) >= 11 is 1.65. The summed E-state index contributed by atoms with van der Waals surface area (Å²) in [6.45, 7) is 4.23. The van der Waals surface area contributed by atoms with Crippen LogP contribution in [0.25, 0.3) is 0 Å². The monoisotopic (exact) mass is 256 g/mol. The number of amides is 1. The lowest BCUT2D eigenvalue weighted by Gasteiger charge is -2.07. The summed E-state index contributed by atoms with van der Waals surface area (Å²) in [6.07, 6.45) is 0. The number of hydrazine groups is 1. The van der Waals surface area contributed by atoms with E-state index in [0.29, 0.717) is 22.8 Å². The molecule has 0 radical (unpaired) electrons. The number of nitrogen functional groups attached to an aromatic ring is 1. The van der Waals surface area contributed by atoms with Gasteiger partial charge >= 0.3 is 0 Å². The Balaban J connectivity index is 2.73. The highest BCUT2D eigenvalue weighted by Crippen LogP contribution is 2.19. The normalized spacial score (nSPS) is 10.6. The van der Waals surface area contributed by atoms with Crippen LogP contribution < -0.4 is 11.3 Å². The van der Waals surface area contributed by atoms with Gasteiger partial charge in [-0.2, -0.15) is 11.8 Å². The molecular weight excluding hydrogens is 239 g/mol. The van der Waals surface area contributed by atoms with E-state index in [1.165, 1.54) is 12.1 Å². The van der Waals surface area contributed by atoms with E-state index in [4.69, 9.17) is 5.84 Å². The molecule has 0 saturated heterocycles. The van der Waals surface area contributed by atoms with Crippen molar-refractivity contribution >= 4 is 17.7 Å². The number of nitrogens with one attached hydrogen (secondary N) is 1. The first kappa shape index (κ1) is 14.0. The van der Waals surface area contributed by atoms with Crippen molar-refractivity contribution in [3.05, 3.63) is 35.1 Å². The number of nitrogens with two attached hydrogens (primary N) is 1. The molecule has 0 spiro atoms. The molecule has 1 aromatic carbocycles. The summed E-state index contributed by atoms with van der Waals surface area (Å²) in [7, 11) is 0. The molecule has 0 aromatic heterocycles. The molecular formula is C12H17FN2OS. The minimum atomic E-state index is -0.403. The van der Waals surface area contributed by atoms with Crippen molar-refractivity contribution in [1.29, 1.82) is 0 Å². The number of halogens is 1. The van der Waals surface area contributed by atoms with Gasteiger partial charge in [-0.05, 0) is 35.4 Å². The van der Waals surface area contributed by atoms with Gasteiger partial charge in [0.05, 0.1) is 0 Å². The van der Waals surface area contributed by atoms with Gasteiger partial charge in [0.25, 0.3) is 5.91 Å². The first-order valence-electron chi connectivity index (χ1n) is 5.41. The number of rotatable bonds is 5. The zero-order valence-electron chi connectivity index (χ0n) is 10.00. The molecule has 94 valence electrons. The second-order valence-electron chi connectivity index (χ2n) is 4.19. The highest BCUT2D eigenvalue weighted by Gasteiger charge is 2.09. The summed E-state index contributed by atoms with van der Waals surface area (Å²) in [5, 5.41) is 0. The Labute approximate surface area is 105 Å². The van der Waals surface area contributed by atoms with Crippen LogP contribution in [0.4, 0.5) is 4.39 Å². The van der Waals surface area contributed by atoms with Gasteiger partial charge in [0.2, 0.25) is 0 Å². The number of thioether (sulfide) groups is 1. The highest BCUT2D eigenvalue weighted by atomic mass is 32.2. The Morgan fingerprint density at radius 1 is 1.53 bits per heavy atom. The van der Waals surface area contributed by atoms with Crippen molar-refractivity contribution in [2.24, 2.45) is 11.8 Å². The first-order valence-corrected chi connectivity index (χ1v) is 6.57. The van der Waals surface area contributed by atoms with Gasteiger partial charge in [-0.1, -0.05) is 13.8 Å². The van der Waals surface area contributed by atoms with Crippen molar-refractivity contribution in [2.45, 2.75) is 19.6 Å². The average molecular weight is 256 g/mol. The van der Waals surface area contributed by atoms with Crippen LogP contribution in [0.2, 0.25) is 0 Å². The zero-order chi connectivity index (χ0) is 12.8. The van der Waals surface area contributed by atoms with Crippen molar-refractivity contribution in [3.8, 4) is 0 Å². The summed E-state index contributed by atoms with van der Waals surface area (Å²) in [5.41, 5.74) is 2.96. The molecule has 0 bridgehead atoms. The van der Waals surface area contributed by atoms with Crippen LogP contribution in [0.15, 0.2) is 18.2 Å². The molecule has 3 N–H and O–H groups in total. The lowest BCUT2D eigenvalue weighted by atomic mass is 10.1. The lowest BCUT2D eigenvalue weighted by molar-refractivity contribution is 0.0953. The number of benzene rings is 1. The summed E-state index contributed by atoms with van der Waals surface area (Å²) in [6, 6.07) is 4.27. The van der Waals surface area contributed by atoms with E-state index in [-0.39, 0.29) is 5.82 Å². The average Bonchev–Trinajstić information content (AvgIpc) is 2.30. The first-order chi connectivity index (χ1) is 8.04. The maximum Gasteiger partial charge on any atom is 0.265 e. The van der Waals surface area contributed by atoms with E-state index in [2.05, 4.69) is 13.8 Å². The lowest BCUT2D eigenvalue weighted by Crippen LogP contribution is -2.30. The predicted molar refractivity (Wildman–Crippen MR) is 69.1 cm³/mol. The van der Waals surface area contributed by atoms with Crippen LogP contribution in [0.5, 0.6) is 0 Å². The Morgan fingerprint density at radius 2 is 2.24 bits per heavy atom. The van der Waals surface area contributed by atoms with Crippen LogP contribution in [-0.4, -0.2) is 11.7 Å². The molecule has 0 atom stereocenters. The minimum Gasteiger partial charge on any atom is -0.290 e. The Morgan fingerprint density at radius 3 is 2.82 bits per heavy atom. The second-order valence-corrected chi connectivity index (χ2v) is 5.22. The maximum absolute atomic E-state index is 13.5. The van der Waals surface area contributed by atoms with Gasteiger partial charge in [0.1, 0.15) is 5.82 Å². The molecule has 3 nitrogen and oxygen atoms in total. The van der Waals surface area contributed by atoms with Gasteiger partial charge < -0.3 is 0 Å². The fourth-order valence-corrected chi connectivity index (χ4v) is 2.34. The van der Waals surface area contributed by atoms with Gasteiger partial charge in [-0.15, -0.1) is 0 Å². The Bertz CT molecular complexity index is 396. The van der Waals surface area contributed by atoms with Crippen molar-refractivity contribution in [3.63, 3.8) is 0 Å². The number of carbonyl (C=O) groups excluding carboxylic acids is 1. The molecule has 0 aliphatic heterocycles. The maximum atomic E-state index is 13.5. The van der Waals surface area contributed by atoms with Crippen molar-refractivity contribution < 1.29 is 9.18 Å². The fourth-order valence-electron chi connectivity index (χ4n) is 1.31. The van der Waals surface area contributed by atoms with Crippen LogP contribution in [0.1, 0.15) is 29.8 Å². The predicted octanol–water partition coefficient (Wildman–Crippen LogP) is 2.32. The molecule has 0 heterocycles. The summed E-state index contributed by atoms with van der Waals surface area (Å²) in [4.78, 5) is 11.3. The van der Waals surface area contributed by atoms with E-state index >= 15 is 0 Å². The smallest absolute Gasteiger partial charge is 0.265 e. The van der Waals surface area contributed by atoms with E-state index in [1.807, 2.05) is 5.43 Å². The molecule has 0 unspecified atom stereocenters. The molecule has 0 saturated carbocycles. The Kier molecular flexibility index (Phi) is 5.44. The van der Waals surface area contributed by atoms with Crippen molar-refractivity contribution in [2.75, 3.05) is 5.75 Å². The standard InChI is InChI=1S/C12H17FN2OS/c1-8(2)6-17-7-10-5-9(12(16)15-14)3-4-11(10)13/h3-5,8H,6-7,14H2,1-2H3,(H,15,16). The molecule has 0 aliphatic rings. The molecule has 1 rings (SSSR count).